The molecule has 1 saturated heterocycles. The molecule has 0 unspecified atom stereocenters. The number of hydrogen-bond acceptors (Lipinski definition) is 6. The van der Waals surface area contributed by atoms with Gasteiger partial charge in [0.05, 0.1) is 31.9 Å². The van der Waals surface area contributed by atoms with E-state index in [0.717, 1.165) is 33.3 Å². The minimum Gasteiger partial charge on any atom is -0.497 e. The summed E-state index contributed by atoms with van der Waals surface area (Å²) in [6.45, 7) is 5.92. The lowest BCUT2D eigenvalue weighted by atomic mass is 9.82. The Balaban J connectivity index is 1.24. The van der Waals surface area contributed by atoms with Crippen LogP contribution in [0, 0.1) is 5.92 Å². The number of hydrogen-bond donors (Lipinski definition) is 4. The van der Waals surface area contributed by atoms with Crippen molar-refractivity contribution in [2.24, 2.45) is 5.92 Å². The Morgan fingerprint density at radius 1 is 1.14 bits per heavy atom. The van der Waals surface area contributed by atoms with Gasteiger partial charge in [-0.15, -0.1) is 0 Å². The molecule has 1 fully saturated rings. The number of methoxy groups -OCH3 is 1. The van der Waals surface area contributed by atoms with Crippen molar-refractivity contribution in [3.05, 3.63) is 89.6 Å². The maximum Gasteiger partial charge on any atom is 0.264 e. The highest BCUT2D eigenvalue weighted by atomic mass is 28.4. The molecule has 4 N–H and O–H groups in total. The molecule has 0 bridgehead atoms. The molecular formula is C34H39N3O6Si. The van der Waals surface area contributed by atoms with E-state index in [1.807, 2.05) is 92.9 Å². The van der Waals surface area contributed by atoms with E-state index in [0.29, 0.717) is 24.4 Å². The summed E-state index contributed by atoms with van der Waals surface area (Å²) in [5.41, 5.74) is 3.41. The lowest BCUT2D eigenvalue weighted by molar-refractivity contribution is -0.146. The third-order valence-electron chi connectivity index (χ3n) is 9.21. The van der Waals surface area contributed by atoms with Crippen LogP contribution >= 0.6 is 0 Å². The van der Waals surface area contributed by atoms with Crippen molar-refractivity contribution in [3.8, 4) is 5.75 Å². The number of aromatic nitrogens is 1. The van der Waals surface area contributed by atoms with Crippen LogP contribution < -0.4 is 15.0 Å². The number of aliphatic hydroxyl groups excluding tert-OH is 1. The minimum atomic E-state index is -2.78. The largest absolute Gasteiger partial charge is 0.497 e. The van der Waals surface area contributed by atoms with Gasteiger partial charge in [-0.05, 0) is 67.0 Å². The Hall–Kier alpha value is -3.96. The van der Waals surface area contributed by atoms with Crippen molar-refractivity contribution >= 4 is 42.4 Å². The molecule has 2 aliphatic rings. The number of nitrogens with zero attached hydrogens (tertiary/aromatic N) is 1. The fraction of sp³-hybridized carbons (Fsp3) is 0.353. The summed E-state index contributed by atoms with van der Waals surface area (Å²) in [6, 6.07) is 21.0. The first-order valence-electron chi connectivity index (χ1n) is 15.0. The molecule has 44 heavy (non-hydrogen) atoms. The lowest BCUT2D eigenvalue weighted by Gasteiger charge is -2.32. The maximum atomic E-state index is 14.5. The first-order chi connectivity index (χ1) is 21.1. The topological polar surface area (TPSA) is 124 Å². The van der Waals surface area contributed by atoms with Gasteiger partial charge in [0.25, 0.3) is 5.91 Å². The third-order valence-corrected chi connectivity index (χ3v) is 11.7. The van der Waals surface area contributed by atoms with E-state index in [9.17, 15) is 19.5 Å². The number of amides is 2. The maximum absolute atomic E-state index is 14.5. The molecule has 6 rings (SSSR count). The molecular weight excluding hydrogens is 574 g/mol. The number of rotatable bonds is 9. The van der Waals surface area contributed by atoms with Crippen molar-refractivity contribution in [1.82, 2.24) is 4.98 Å². The van der Waals surface area contributed by atoms with Crippen LogP contribution in [0.5, 0.6) is 5.75 Å². The van der Waals surface area contributed by atoms with Gasteiger partial charge in [0.1, 0.15) is 5.75 Å². The van der Waals surface area contributed by atoms with Crippen LogP contribution in [0.15, 0.2) is 72.9 Å². The number of H-pyrrole nitrogens is 1. The lowest BCUT2D eigenvalue weighted by Crippen LogP contribution is -2.46. The number of para-hydroxylation sites is 1. The van der Waals surface area contributed by atoms with Crippen LogP contribution in [-0.2, 0) is 32.9 Å². The number of aromatic amines is 1. The van der Waals surface area contributed by atoms with Crippen LogP contribution in [0.1, 0.15) is 30.0 Å². The van der Waals surface area contributed by atoms with Crippen LogP contribution in [-0.4, -0.2) is 54.8 Å². The van der Waals surface area contributed by atoms with Crippen molar-refractivity contribution in [2.45, 2.75) is 56.7 Å². The van der Waals surface area contributed by atoms with Crippen LogP contribution in [0.4, 0.5) is 11.4 Å². The number of aliphatic hydroxyl groups is 1. The molecule has 0 saturated carbocycles. The monoisotopic (exact) mass is 613 g/mol. The predicted octanol–water partition coefficient (Wildman–Crippen LogP) is 5.08. The fourth-order valence-corrected chi connectivity index (χ4v) is 9.87. The summed E-state index contributed by atoms with van der Waals surface area (Å²) in [5, 5.41) is 13.8. The molecule has 3 aromatic carbocycles. The fourth-order valence-electron chi connectivity index (χ4n) is 7.27. The molecule has 0 radical (unpaired) electrons. The number of ether oxygens (including phenoxy) is 2. The second-order valence-electron chi connectivity index (χ2n) is 12.4. The van der Waals surface area contributed by atoms with Crippen LogP contribution in [0.2, 0.25) is 18.6 Å². The highest BCUT2D eigenvalue weighted by Gasteiger charge is 2.66. The highest BCUT2D eigenvalue weighted by molar-refractivity contribution is 6.71. The molecule has 3 heterocycles. The van der Waals surface area contributed by atoms with Crippen molar-refractivity contribution in [2.75, 3.05) is 23.9 Å². The van der Waals surface area contributed by atoms with Crippen molar-refractivity contribution in [3.63, 3.8) is 0 Å². The molecule has 4 aromatic rings. The Kier molecular flexibility index (Phi) is 7.87. The number of carbonyl (C=O) groups excluding carboxylic acids is 2. The quantitative estimate of drug-likeness (QED) is 0.195. The Bertz CT molecular complexity index is 1700. The second-order valence-corrected chi connectivity index (χ2v) is 16.4. The van der Waals surface area contributed by atoms with Gasteiger partial charge in [0, 0.05) is 46.4 Å². The smallest absolute Gasteiger partial charge is 0.264 e. The Morgan fingerprint density at radius 3 is 2.59 bits per heavy atom. The summed E-state index contributed by atoms with van der Waals surface area (Å²) in [4.78, 5) is 43.5. The van der Waals surface area contributed by atoms with E-state index in [1.54, 1.807) is 12.0 Å². The average Bonchev–Trinajstić information content (AvgIpc) is 3.61. The number of fused-ring (bicyclic) bond motifs is 3. The summed E-state index contributed by atoms with van der Waals surface area (Å²) in [5.74, 6) is -0.00224. The normalized spacial score (nSPS) is 23.0. The SMILES string of the molecule is COc1ccc2c(c1)[C@@]1(O[C@H](CCO)[C@@H]([Si](C)(C)O)[C@@H]1C)C(=O)N2Cc1ccc(NC(=O)Cc2c[nH]c3ccccc23)cc1. The molecule has 2 amide bonds. The molecule has 230 valence electrons. The van der Waals surface area contributed by atoms with Gasteiger partial charge in [-0.25, -0.2) is 0 Å². The summed E-state index contributed by atoms with van der Waals surface area (Å²) >= 11 is 0. The van der Waals surface area contributed by atoms with E-state index in [2.05, 4.69) is 10.3 Å². The second kappa shape index (κ2) is 11.5. The third kappa shape index (κ3) is 5.11. The van der Waals surface area contributed by atoms with Crippen LogP contribution in [0.3, 0.4) is 0 Å². The zero-order valence-corrected chi connectivity index (χ0v) is 26.5. The van der Waals surface area contributed by atoms with Gasteiger partial charge in [-0.1, -0.05) is 37.3 Å². The Labute approximate surface area is 257 Å². The number of nitrogens with one attached hydrogen (secondary N) is 2. The summed E-state index contributed by atoms with van der Waals surface area (Å²) in [7, 11) is -1.19. The molecule has 1 aromatic heterocycles. The number of anilines is 2. The van der Waals surface area contributed by atoms with E-state index in [4.69, 9.17) is 9.47 Å². The van der Waals surface area contributed by atoms with E-state index in [1.165, 1.54) is 0 Å². The summed E-state index contributed by atoms with van der Waals surface area (Å²) in [6.07, 6.45) is 2.01. The predicted molar refractivity (Wildman–Crippen MR) is 172 cm³/mol. The highest BCUT2D eigenvalue weighted by Crippen LogP contribution is 2.60. The molecule has 1 spiro atoms. The van der Waals surface area contributed by atoms with Gasteiger partial charge >= 0.3 is 0 Å². The van der Waals surface area contributed by atoms with Crippen LogP contribution in [0.25, 0.3) is 10.9 Å². The van der Waals surface area contributed by atoms with Gasteiger partial charge in [-0.3, -0.25) is 9.59 Å². The van der Waals surface area contributed by atoms with Gasteiger partial charge in [-0.2, -0.15) is 0 Å². The molecule has 2 aliphatic heterocycles. The zero-order chi connectivity index (χ0) is 31.2. The van der Waals surface area contributed by atoms with Crippen molar-refractivity contribution < 1.29 is 29.0 Å². The standard InChI is InChI=1S/C34H39N3O6Si/c1-21-32(44(3,4)41)30(15-16-38)43-34(21)27-18-25(42-2)13-14-29(27)37(33(34)40)20-22-9-11-24(12-10-22)36-31(39)17-23-19-35-28-8-6-5-7-26(23)28/h5-14,18-19,21,30,32,35,38,41H,15-17,20H2,1-4H3,(H,36,39)/t21-,30+,32-,34+/m0/s1. The number of benzene rings is 3. The molecule has 10 heteroatoms. The van der Waals surface area contributed by atoms with E-state index in [-0.39, 0.29) is 36.3 Å². The molecule has 4 atom stereocenters. The average molecular weight is 614 g/mol. The van der Waals surface area contributed by atoms with Gasteiger partial charge in [0.15, 0.2) is 13.9 Å². The van der Waals surface area contributed by atoms with Gasteiger partial charge < -0.3 is 34.6 Å². The Morgan fingerprint density at radius 2 is 1.89 bits per heavy atom. The zero-order valence-electron chi connectivity index (χ0n) is 25.5. The molecule has 0 aliphatic carbocycles. The molecule has 9 nitrogen and oxygen atoms in total. The summed E-state index contributed by atoms with van der Waals surface area (Å²) < 4.78 is 12.2. The number of carbonyl (C=O) groups is 2. The minimum absolute atomic E-state index is 0.0953. The van der Waals surface area contributed by atoms with E-state index >= 15 is 0 Å². The van der Waals surface area contributed by atoms with Crippen molar-refractivity contribution in [1.29, 1.82) is 0 Å². The van der Waals surface area contributed by atoms with Gasteiger partial charge in [0.2, 0.25) is 5.91 Å². The first kappa shape index (κ1) is 30.1. The first-order valence-corrected chi connectivity index (χ1v) is 18.0. The van der Waals surface area contributed by atoms with E-state index < -0.39 is 20.0 Å².